The van der Waals surface area contributed by atoms with Gasteiger partial charge in [0.25, 0.3) is 0 Å². The average Bonchev–Trinajstić information content (AvgIpc) is 3.03. The number of hydrogen-bond donors (Lipinski definition) is 0. The second-order valence-corrected chi connectivity index (χ2v) is 8.17. The lowest BCUT2D eigenvalue weighted by Gasteiger charge is -2.33. The van der Waals surface area contributed by atoms with Gasteiger partial charge in [-0.25, -0.2) is 9.97 Å². The zero-order chi connectivity index (χ0) is 19.7. The van der Waals surface area contributed by atoms with E-state index in [0.29, 0.717) is 12.8 Å². The van der Waals surface area contributed by atoms with Crippen molar-refractivity contribution in [2.75, 3.05) is 26.7 Å². The molecule has 0 bridgehead atoms. The molecule has 1 fully saturated rings. The number of fused-ring (bicyclic) bond motifs is 1. The van der Waals surface area contributed by atoms with E-state index in [-0.39, 0.29) is 11.8 Å². The number of carbonyl (C=O) groups is 1. The van der Waals surface area contributed by atoms with Gasteiger partial charge in [0.1, 0.15) is 11.6 Å². The van der Waals surface area contributed by atoms with Crippen molar-refractivity contribution < 1.29 is 9.32 Å². The number of aromatic nitrogens is 3. The van der Waals surface area contributed by atoms with Crippen molar-refractivity contribution in [3.63, 3.8) is 0 Å². The number of rotatable bonds is 4. The molecule has 150 valence electrons. The number of likely N-dealkylation sites (N-methyl/N-ethyl adjacent to an activating group) is 1. The van der Waals surface area contributed by atoms with E-state index in [0.717, 1.165) is 68.3 Å². The molecule has 1 atom stereocenters. The Kier molecular flexibility index (Phi) is 5.44. The Labute approximate surface area is 166 Å². The number of hydrogen-bond acceptors (Lipinski definition) is 6. The van der Waals surface area contributed by atoms with Gasteiger partial charge in [0.05, 0.1) is 5.69 Å². The predicted octanol–water partition coefficient (Wildman–Crippen LogP) is 2.41. The standard InChI is InChI=1S/C21H29N5O2/c1-14-18(15(2)28-24-14)6-7-20(27)26-9-4-5-16(13-26)21-22-11-17-12-25(3)10-8-19(17)23-21/h11,16H,4-10,12-13H2,1-3H3/t16-/m1/s1. The van der Waals surface area contributed by atoms with Gasteiger partial charge in [-0.15, -0.1) is 0 Å². The molecule has 4 rings (SSSR count). The molecule has 1 saturated heterocycles. The molecule has 28 heavy (non-hydrogen) atoms. The van der Waals surface area contributed by atoms with Gasteiger partial charge in [-0.3, -0.25) is 4.79 Å². The highest BCUT2D eigenvalue weighted by Gasteiger charge is 2.27. The van der Waals surface area contributed by atoms with E-state index in [1.807, 2.05) is 24.9 Å². The van der Waals surface area contributed by atoms with Crippen molar-refractivity contribution in [3.05, 3.63) is 40.3 Å². The molecule has 0 aromatic carbocycles. The summed E-state index contributed by atoms with van der Waals surface area (Å²) in [5.41, 5.74) is 4.37. The van der Waals surface area contributed by atoms with Crippen LogP contribution in [0.1, 0.15) is 59.3 Å². The highest BCUT2D eigenvalue weighted by Crippen LogP contribution is 2.27. The van der Waals surface area contributed by atoms with Crippen LogP contribution in [0.3, 0.4) is 0 Å². The number of nitrogens with zero attached hydrogens (tertiary/aromatic N) is 5. The summed E-state index contributed by atoms with van der Waals surface area (Å²) in [5, 5.41) is 3.98. The highest BCUT2D eigenvalue weighted by molar-refractivity contribution is 5.76. The van der Waals surface area contributed by atoms with E-state index in [4.69, 9.17) is 9.51 Å². The maximum atomic E-state index is 12.8. The molecule has 0 radical (unpaired) electrons. The first-order chi connectivity index (χ1) is 13.5. The summed E-state index contributed by atoms with van der Waals surface area (Å²) in [4.78, 5) is 26.6. The number of piperidine rings is 1. The van der Waals surface area contributed by atoms with Crippen LogP contribution in [0.15, 0.2) is 10.7 Å². The summed E-state index contributed by atoms with van der Waals surface area (Å²) in [6, 6.07) is 0. The molecule has 0 aliphatic carbocycles. The first kappa shape index (κ1) is 19.1. The SMILES string of the molecule is Cc1noc(C)c1CCC(=O)N1CCC[C@@H](c2ncc3c(n2)CCN(C)C3)C1. The molecule has 0 N–H and O–H groups in total. The quantitative estimate of drug-likeness (QED) is 0.807. The molecule has 0 unspecified atom stereocenters. The largest absolute Gasteiger partial charge is 0.361 e. The molecule has 7 nitrogen and oxygen atoms in total. The lowest BCUT2D eigenvalue weighted by Crippen LogP contribution is -2.40. The van der Waals surface area contributed by atoms with Crippen molar-refractivity contribution in [2.45, 2.75) is 58.4 Å². The molecular weight excluding hydrogens is 354 g/mol. The normalized spacial score (nSPS) is 20.2. The topological polar surface area (TPSA) is 75.4 Å². The van der Waals surface area contributed by atoms with Crippen LogP contribution in [0, 0.1) is 13.8 Å². The zero-order valence-corrected chi connectivity index (χ0v) is 17.1. The molecule has 4 heterocycles. The van der Waals surface area contributed by atoms with Crippen LogP contribution < -0.4 is 0 Å². The van der Waals surface area contributed by atoms with E-state index in [2.05, 4.69) is 22.1 Å². The summed E-state index contributed by atoms with van der Waals surface area (Å²) in [7, 11) is 2.13. The number of amides is 1. The fraction of sp³-hybridized carbons (Fsp3) is 0.619. The van der Waals surface area contributed by atoms with Crippen molar-refractivity contribution >= 4 is 5.91 Å². The second-order valence-electron chi connectivity index (χ2n) is 8.17. The second kappa shape index (κ2) is 7.99. The summed E-state index contributed by atoms with van der Waals surface area (Å²) in [6.45, 7) is 7.35. The fourth-order valence-electron chi connectivity index (χ4n) is 4.33. The minimum Gasteiger partial charge on any atom is -0.361 e. The van der Waals surface area contributed by atoms with Crippen LogP contribution in [0.2, 0.25) is 0 Å². The Hall–Kier alpha value is -2.28. The van der Waals surface area contributed by atoms with Crippen molar-refractivity contribution in [1.82, 2.24) is 24.9 Å². The minimum absolute atomic E-state index is 0.198. The molecular formula is C21H29N5O2. The van der Waals surface area contributed by atoms with Gasteiger partial charge in [0.2, 0.25) is 5.91 Å². The molecule has 0 spiro atoms. The molecule has 2 aromatic rings. The highest BCUT2D eigenvalue weighted by atomic mass is 16.5. The maximum absolute atomic E-state index is 12.8. The summed E-state index contributed by atoms with van der Waals surface area (Å²) in [6.07, 6.45) is 6.20. The third kappa shape index (κ3) is 3.94. The van der Waals surface area contributed by atoms with Gasteiger partial charge in [-0.05, 0) is 40.2 Å². The van der Waals surface area contributed by atoms with Gasteiger partial charge in [0.15, 0.2) is 0 Å². The third-order valence-corrected chi connectivity index (χ3v) is 6.05. The van der Waals surface area contributed by atoms with E-state index in [9.17, 15) is 4.79 Å². The Bertz CT molecular complexity index is 843. The predicted molar refractivity (Wildman–Crippen MR) is 105 cm³/mol. The summed E-state index contributed by atoms with van der Waals surface area (Å²) < 4.78 is 5.21. The molecule has 1 amide bonds. The smallest absolute Gasteiger partial charge is 0.222 e. The monoisotopic (exact) mass is 383 g/mol. The van der Waals surface area contributed by atoms with E-state index < -0.39 is 0 Å². The van der Waals surface area contributed by atoms with Crippen LogP contribution in [0.25, 0.3) is 0 Å². The van der Waals surface area contributed by atoms with Gasteiger partial charge >= 0.3 is 0 Å². The fourth-order valence-corrected chi connectivity index (χ4v) is 4.33. The first-order valence-electron chi connectivity index (χ1n) is 10.2. The molecule has 0 saturated carbocycles. The Morgan fingerprint density at radius 3 is 2.96 bits per heavy atom. The first-order valence-corrected chi connectivity index (χ1v) is 10.2. The zero-order valence-electron chi connectivity index (χ0n) is 17.1. The Balaban J connectivity index is 1.39. The van der Waals surface area contributed by atoms with Crippen molar-refractivity contribution in [1.29, 1.82) is 0 Å². The van der Waals surface area contributed by atoms with Crippen LogP contribution >= 0.6 is 0 Å². The maximum Gasteiger partial charge on any atom is 0.222 e. The molecule has 2 aromatic heterocycles. The van der Waals surface area contributed by atoms with E-state index >= 15 is 0 Å². The number of carbonyl (C=O) groups excluding carboxylic acids is 1. The molecule has 2 aliphatic heterocycles. The van der Waals surface area contributed by atoms with Crippen LogP contribution in [-0.4, -0.2) is 57.5 Å². The number of likely N-dealkylation sites (tertiary alicyclic amines) is 1. The van der Waals surface area contributed by atoms with Crippen LogP contribution in [0.5, 0.6) is 0 Å². The molecule has 7 heteroatoms. The Morgan fingerprint density at radius 2 is 2.18 bits per heavy atom. The summed E-state index contributed by atoms with van der Waals surface area (Å²) >= 11 is 0. The lowest BCUT2D eigenvalue weighted by atomic mass is 9.96. The van der Waals surface area contributed by atoms with Crippen LogP contribution in [-0.2, 0) is 24.2 Å². The minimum atomic E-state index is 0.198. The lowest BCUT2D eigenvalue weighted by molar-refractivity contribution is -0.132. The van der Waals surface area contributed by atoms with Gasteiger partial charge < -0.3 is 14.3 Å². The number of aryl methyl sites for hydroxylation is 2. The van der Waals surface area contributed by atoms with Crippen LogP contribution in [0.4, 0.5) is 0 Å². The Morgan fingerprint density at radius 1 is 1.32 bits per heavy atom. The third-order valence-electron chi connectivity index (χ3n) is 6.05. The van der Waals surface area contributed by atoms with Crippen molar-refractivity contribution in [3.8, 4) is 0 Å². The van der Waals surface area contributed by atoms with Crippen molar-refractivity contribution in [2.24, 2.45) is 0 Å². The average molecular weight is 383 g/mol. The van der Waals surface area contributed by atoms with Gasteiger partial charge in [0, 0.05) is 68.0 Å². The van der Waals surface area contributed by atoms with E-state index in [1.165, 1.54) is 11.3 Å². The summed E-state index contributed by atoms with van der Waals surface area (Å²) in [5.74, 6) is 2.16. The van der Waals surface area contributed by atoms with Gasteiger partial charge in [-0.1, -0.05) is 5.16 Å². The molecule has 2 aliphatic rings. The van der Waals surface area contributed by atoms with Gasteiger partial charge in [-0.2, -0.15) is 0 Å². The van der Waals surface area contributed by atoms with E-state index in [1.54, 1.807) is 0 Å².